The third kappa shape index (κ3) is 5.15. The highest BCUT2D eigenvalue weighted by Crippen LogP contribution is 2.32. The van der Waals surface area contributed by atoms with Crippen LogP contribution in [-0.4, -0.2) is 28.8 Å². The second kappa shape index (κ2) is 8.81. The Bertz CT molecular complexity index is 1020. The molecule has 0 spiro atoms. The Hall–Kier alpha value is -2.29. The smallest absolute Gasteiger partial charge is 0.341 e. The molecule has 0 aromatic heterocycles. The summed E-state index contributed by atoms with van der Waals surface area (Å²) in [6.07, 6.45) is 1.68. The van der Waals surface area contributed by atoms with Crippen LogP contribution in [0.4, 0.5) is 5.69 Å². The minimum absolute atomic E-state index is 0.249. The average molecular weight is 482 g/mol. The van der Waals surface area contributed by atoms with Gasteiger partial charge in [0, 0.05) is 4.47 Å². The minimum Gasteiger partial charge on any atom is -0.480 e. The number of rotatable bonds is 5. The predicted octanol–water partition coefficient (Wildman–Crippen LogP) is 4.77. The van der Waals surface area contributed by atoms with Gasteiger partial charge in [-0.05, 0) is 66.2 Å². The molecule has 144 valence electrons. The SMILES string of the molecule is Cc1cc(Br)ccc1N=C1NC(=O)/C(=C/c2ccc(OCC(=O)O)c(Cl)c2)S1. The first-order valence-electron chi connectivity index (χ1n) is 8.02. The van der Waals surface area contributed by atoms with E-state index in [4.69, 9.17) is 21.4 Å². The Morgan fingerprint density at radius 3 is 2.82 bits per heavy atom. The number of thioether (sulfide) groups is 1. The quantitative estimate of drug-likeness (QED) is 0.601. The summed E-state index contributed by atoms with van der Waals surface area (Å²) in [6, 6.07) is 10.6. The number of benzene rings is 2. The molecule has 2 aromatic carbocycles. The minimum atomic E-state index is -1.09. The highest BCUT2D eigenvalue weighted by atomic mass is 79.9. The van der Waals surface area contributed by atoms with Crippen molar-refractivity contribution in [1.82, 2.24) is 5.32 Å². The molecule has 28 heavy (non-hydrogen) atoms. The van der Waals surface area contributed by atoms with Crippen LogP contribution in [0, 0.1) is 6.92 Å². The number of halogens is 2. The Labute approximate surface area is 178 Å². The predicted molar refractivity (Wildman–Crippen MR) is 114 cm³/mol. The van der Waals surface area contributed by atoms with Crippen LogP contribution in [0.25, 0.3) is 6.08 Å². The van der Waals surface area contributed by atoms with Gasteiger partial charge in [0.15, 0.2) is 11.8 Å². The van der Waals surface area contributed by atoms with Crippen LogP contribution in [0.15, 0.2) is 50.8 Å². The van der Waals surface area contributed by atoms with Crippen LogP contribution < -0.4 is 10.1 Å². The fourth-order valence-corrected chi connectivity index (χ4v) is 3.90. The Morgan fingerprint density at radius 1 is 1.36 bits per heavy atom. The maximum absolute atomic E-state index is 12.2. The number of carbonyl (C=O) groups is 2. The molecule has 2 aromatic rings. The largest absolute Gasteiger partial charge is 0.480 e. The number of carbonyl (C=O) groups excluding carboxylic acids is 1. The number of aryl methyl sites for hydroxylation is 1. The average Bonchev–Trinajstić information content (AvgIpc) is 2.96. The van der Waals surface area contributed by atoms with E-state index in [-0.39, 0.29) is 16.7 Å². The lowest BCUT2D eigenvalue weighted by Crippen LogP contribution is -2.19. The maximum atomic E-state index is 12.2. The summed E-state index contributed by atoms with van der Waals surface area (Å²) in [7, 11) is 0. The monoisotopic (exact) mass is 480 g/mol. The van der Waals surface area contributed by atoms with Crippen molar-refractivity contribution in [3.8, 4) is 5.75 Å². The van der Waals surface area contributed by atoms with Gasteiger partial charge >= 0.3 is 5.97 Å². The second-order valence-corrected chi connectivity index (χ2v) is 8.14. The molecule has 2 N–H and O–H groups in total. The van der Waals surface area contributed by atoms with Crippen molar-refractivity contribution in [1.29, 1.82) is 0 Å². The maximum Gasteiger partial charge on any atom is 0.341 e. The zero-order valence-corrected chi connectivity index (χ0v) is 17.7. The standard InChI is InChI=1S/C19H14BrClN2O4S/c1-10-6-12(20)3-4-14(10)22-19-23-18(26)16(28-19)8-11-2-5-15(13(21)7-11)27-9-17(24)25/h2-8H,9H2,1H3,(H,24,25)(H,22,23,26)/b16-8-. The van der Waals surface area contributed by atoms with E-state index in [0.29, 0.717) is 15.6 Å². The molecule has 0 saturated carbocycles. The lowest BCUT2D eigenvalue weighted by Gasteiger charge is -2.06. The van der Waals surface area contributed by atoms with Crippen molar-refractivity contribution in [3.05, 3.63) is 61.9 Å². The second-order valence-electron chi connectivity index (χ2n) is 5.78. The molecule has 0 bridgehead atoms. The van der Waals surface area contributed by atoms with E-state index in [1.807, 2.05) is 25.1 Å². The fourth-order valence-electron chi connectivity index (χ4n) is 2.35. The summed E-state index contributed by atoms with van der Waals surface area (Å²) in [4.78, 5) is 27.8. The molecule has 1 aliphatic rings. The first kappa shape index (κ1) is 20.4. The van der Waals surface area contributed by atoms with Gasteiger partial charge in [0.2, 0.25) is 0 Å². The van der Waals surface area contributed by atoms with Crippen molar-refractivity contribution in [3.63, 3.8) is 0 Å². The summed E-state index contributed by atoms with van der Waals surface area (Å²) < 4.78 is 6.05. The van der Waals surface area contributed by atoms with Gasteiger partial charge in [0.05, 0.1) is 15.6 Å². The highest BCUT2D eigenvalue weighted by molar-refractivity contribution is 9.10. The molecule has 1 amide bonds. The molecule has 0 radical (unpaired) electrons. The molecular weight excluding hydrogens is 468 g/mol. The summed E-state index contributed by atoms with van der Waals surface area (Å²) in [5, 5.41) is 12.2. The molecule has 1 aliphatic heterocycles. The van der Waals surface area contributed by atoms with Crippen molar-refractivity contribution in [2.45, 2.75) is 6.92 Å². The number of amidine groups is 1. The lowest BCUT2D eigenvalue weighted by molar-refractivity contribution is -0.139. The van der Waals surface area contributed by atoms with E-state index >= 15 is 0 Å². The number of hydrogen-bond donors (Lipinski definition) is 2. The number of hydrogen-bond acceptors (Lipinski definition) is 5. The van der Waals surface area contributed by atoms with Gasteiger partial charge < -0.3 is 15.2 Å². The first-order chi connectivity index (χ1) is 13.3. The van der Waals surface area contributed by atoms with Crippen molar-refractivity contribution in [2.75, 3.05) is 6.61 Å². The molecule has 3 rings (SSSR count). The number of carboxylic acids is 1. The Morgan fingerprint density at radius 2 is 2.14 bits per heavy atom. The number of ether oxygens (including phenoxy) is 1. The number of amides is 1. The van der Waals surface area contributed by atoms with Crippen LogP contribution >= 0.6 is 39.3 Å². The number of aliphatic imine (C=N–C) groups is 1. The number of carboxylic acid groups (broad SMARTS) is 1. The van der Waals surface area contributed by atoms with Gasteiger partial charge in [-0.1, -0.05) is 33.6 Å². The zero-order valence-electron chi connectivity index (χ0n) is 14.5. The van der Waals surface area contributed by atoms with Gasteiger partial charge in [0.1, 0.15) is 5.75 Å². The molecule has 0 unspecified atom stereocenters. The Balaban J connectivity index is 1.78. The lowest BCUT2D eigenvalue weighted by atomic mass is 10.2. The molecule has 1 fully saturated rings. The zero-order chi connectivity index (χ0) is 20.3. The summed E-state index contributed by atoms with van der Waals surface area (Å²) in [5.74, 6) is -1.07. The van der Waals surface area contributed by atoms with Crippen molar-refractivity contribution in [2.24, 2.45) is 4.99 Å². The molecule has 0 aliphatic carbocycles. The van der Waals surface area contributed by atoms with Crippen molar-refractivity contribution >= 4 is 68.1 Å². The van der Waals surface area contributed by atoms with Gasteiger partial charge in [-0.25, -0.2) is 9.79 Å². The molecule has 9 heteroatoms. The van der Waals surface area contributed by atoms with Gasteiger partial charge in [-0.15, -0.1) is 0 Å². The molecular formula is C19H14BrClN2O4S. The third-order valence-corrected chi connectivity index (χ3v) is 5.34. The molecule has 1 saturated heterocycles. The summed E-state index contributed by atoms with van der Waals surface area (Å²) in [5.41, 5.74) is 2.44. The summed E-state index contributed by atoms with van der Waals surface area (Å²) >= 11 is 10.8. The normalized spacial score (nSPS) is 16.5. The van der Waals surface area contributed by atoms with Gasteiger partial charge in [-0.3, -0.25) is 4.79 Å². The number of nitrogens with zero attached hydrogens (tertiary/aromatic N) is 1. The van der Waals surface area contributed by atoms with Gasteiger partial charge in [0.25, 0.3) is 5.91 Å². The van der Waals surface area contributed by atoms with Crippen LogP contribution in [-0.2, 0) is 9.59 Å². The van der Waals surface area contributed by atoms with Crippen molar-refractivity contribution < 1.29 is 19.4 Å². The van der Waals surface area contributed by atoms with Crippen LogP contribution in [0.3, 0.4) is 0 Å². The fraction of sp³-hybridized carbons (Fsp3) is 0.105. The van der Waals surface area contributed by atoms with Gasteiger partial charge in [-0.2, -0.15) is 0 Å². The van der Waals surface area contributed by atoms with E-state index < -0.39 is 12.6 Å². The van der Waals surface area contributed by atoms with Crippen LogP contribution in [0.1, 0.15) is 11.1 Å². The first-order valence-corrected chi connectivity index (χ1v) is 10.0. The van der Waals surface area contributed by atoms with E-state index in [0.717, 1.165) is 15.7 Å². The van der Waals surface area contributed by atoms with Crippen LogP contribution in [0.2, 0.25) is 5.02 Å². The number of aliphatic carboxylic acids is 1. The summed E-state index contributed by atoms with van der Waals surface area (Å²) in [6.45, 7) is 1.46. The number of nitrogens with one attached hydrogen (secondary N) is 1. The topological polar surface area (TPSA) is 88.0 Å². The highest BCUT2D eigenvalue weighted by Gasteiger charge is 2.24. The van der Waals surface area contributed by atoms with E-state index in [1.165, 1.54) is 11.8 Å². The van der Waals surface area contributed by atoms with E-state index in [2.05, 4.69) is 26.2 Å². The van der Waals surface area contributed by atoms with E-state index in [9.17, 15) is 9.59 Å². The third-order valence-electron chi connectivity index (χ3n) is 3.64. The molecule has 1 heterocycles. The molecule has 6 nitrogen and oxygen atoms in total. The van der Waals surface area contributed by atoms with Crippen LogP contribution in [0.5, 0.6) is 5.75 Å². The Kier molecular flexibility index (Phi) is 6.43. The molecule has 0 atom stereocenters. The van der Waals surface area contributed by atoms with E-state index in [1.54, 1.807) is 24.3 Å².